The van der Waals surface area contributed by atoms with Crippen molar-refractivity contribution in [3.8, 4) is 11.8 Å². The number of nitrogens with one attached hydrogen (secondary N) is 2. The third kappa shape index (κ3) is 5.02. The molecule has 5 rings (SSSR count). The average Bonchev–Trinajstić information content (AvgIpc) is 3.16. The molecule has 2 aromatic rings. The standard InChI is InChI=1S/C23H32N6O2S2/c1-13(2)29-23(31-16-7-6-8-17(10-16)33(5)30)26-22(27-29)25-21-18-11-28(12-19(21)15(18)4)20(32)9-14(3)24/h6-10,13,15,18-19,21,24,32H,11-12H2,1-5H3,(H,25,27)/b20-9-,24-14?/t15-,18-,19?,21+,33?/m1/s1. The van der Waals surface area contributed by atoms with Crippen molar-refractivity contribution in [2.75, 3.05) is 24.7 Å². The fourth-order valence-electron chi connectivity index (χ4n) is 4.72. The van der Waals surface area contributed by atoms with Crippen LogP contribution in [0.3, 0.4) is 0 Å². The summed E-state index contributed by atoms with van der Waals surface area (Å²) in [7, 11) is 0. The maximum absolute atomic E-state index is 11.8. The number of piperidine rings is 2. The van der Waals surface area contributed by atoms with Crippen LogP contribution < -0.4 is 10.1 Å². The Morgan fingerprint density at radius 1 is 1.36 bits per heavy atom. The molecular formula is C23H32N6O2S2. The van der Waals surface area contributed by atoms with Gasteiger partial charge in [0.25, 0.3) is 0 Å². The van der Waals surface area contributed by atoms with Crippen molar-refractivity contribution in [1.29, 1.82) is 5.41 Å². The minimum atomic E-state index is -1.08. The van der Waals surface area contributed by atoms with E-state index in [1.54, 1.807) is 30.0 Å². The lowest BCUT2D eigenvalue weighted by Crippen LogP contribution is -2.65. The SMILES string of the molecule is CC(=N)/C=C(\S)N1CC2[C@@H](Nc3nc(Oc4cccc([S+](C)[O-])c4)n(C(C)C)n3)[C@H](C1)[C@H]2C. The summed E-state index contributed by atoms with van der Waals surface area (Å²) < 4.78 is 19.6. The molecule has 1 aromatic carbocycles. The van der Waals surface area contributed by atoms with E-state index in [1.807, 2.05) is 32.0 Å². The summed E-state index contributed by atoms with van der Waals surface area (Å²) >= 11 is 3.52. The van der Waals surface area contributed by atoms with Gasteiger partial charge in [0, 0.05) is 30.9 Å². The van der Waals surface area contributed by atoms with Crippen molar-refractivity contribution in [1.82, 2.24) is 19.7 Å². The largest absolute Gasteiger partial charge is 0.612 e. The van der Waals surface area contributed by atoms with Crippen LogP contribution in [0.4, 0.5) is 5.95 Å². The highest BCUT2D eigenvalue weighted by atomic mass is 32.2. The Bertz CT molecular complexity index is 1040. The Balaban J connectivity index is 1.49. The fraction of sp³-hybridized carbons (Fsp3) is 0.522. The van der Waals surface area contributed by atoms with Crippen LogP contribution in [0.2, 0.25) is 0 Å². The molecule has 8 nitrogen and oxygen atoms in total. The number of anilines is 1. The van der Waals surface area contributed by atoms with Gasteiger partial charge >= 0.3 is 6.01 Å². The van der Waals surface area contributed by atoms with Crippen LogP contribution in [0.1, 0.15) is 33.7 Å². The summed E-state index contributed by atoms with van der Waals surface area (Å²) in [5, 5.41) is 16.8. The van der Waals surface area contributed by atoms with Crippen LogP contribution in [-0.2, 0) is 11.2 Å². The van der Waals surface area contributed by atoms with Crippen LogP contribution >= 0.6 is 12.6 Å². The van der Waals surface area contributed by atoms with E-state index in [2.05, 4.69) is 39.9 Å². The second-order valence-corrected chi connectivity index (χ2v) is 11.1. The Labute approximate surface area is 203 Å². The van der Waals surface area contributed by atoms with E-state index in [-0.39, 0.29) is 6.04 Å². The quantitative estimate of drug-likeness (QED) is 0.293. The molecule has 2 unspecified atom stereocenters. The van der Waals surface area contributed by atoms with Gasteiger partial charge in [-0.1, -0.05) is 13.0 Å². The van der Waals surface area contributed by atoms with Gasteiger partial charge in [-0.15, -0.1) is 17.7 Å². The predicted molar refractivity (Wildman–Crippen MR) is 135 cm³/mol. The summed E-state index contributed by atoms with van der Waals surface area (Å²) in [5.41, 5.74) is 0.508. The van der Waals surface area contributed by atoms with Crippen molar-refractivity contribution in [3.05, 3.63) is 35.4 Å². The zero-order valence-electron chi connectivity index (χ0n) is 19.6. The highest BCUT2D eigenvalue weighted by Gasteiger charge is 2.53. The maximum Gasteiger partial charge on any atom is 0.322 e. The van der Waals surface area contributed by atoms with Gasteiger partial charge in [-0.2, -0.15) is 4.98 Å². The van der Waals surface area contributed by atoms with E-state index < -0.39 is 11.2 Å². The zero-order valence-corrected chi connectivity index (χ0v) is 21.4. The third-order valence-electron chi connectivity index (χ3n) is 6.54. The van der Waals surface area contributed by atoms with E-state index in [4.69, 9.17) is 10.1 Å². The zero-order chi connectivity index (χ0) is 23.9. The van der Waals surface area contributed by atoms with Crippen molar-refractivity contribution in [3.63, 3.8) is 0 Å². The normalized spacial score (nSPS) is 25.6. The summed E-state index contributed by atoms with van der Waals surface area (Å²) in [6.45, 7) is 9.93. The van der Waals surface area contributed by atoms with Gasteiger partial charge in [0.1, 0.15) is 12.0 Å². The molecule has 2 bridgehead atoms. The van der Waals surface area contributed by atoms with Crippen molar-refractivity contribution < 1.29 is 9.29 Å². The molecule has 1 aliphatic carbocycles. The number of benzene rings is 1. The van der Waals surface area contributed by atoms with Crippen LogP contribution in [0.15, 0.2) is 40.3 Å². The lowest BCUT2D eigenvalue weighted by Gasteiger charge is -2.58. The van der Waals surface area contributed by atoms with E-state index >= 15 is 0 Å². The van der Waals surface area contributed by atoms with Crippen molar-refractivity contribution in [2.45, 2.75) is 44.7 Å². The van der Waals surface area contributed by atoms with Crippen LogP contribution in [0.5, 0.6) is 11.8 Å². The Hall–Kier alpha value is -2.17. The number of ether oxygens (including phenoxy) is 1. The summed E-state index contributed by atoms with van der Waals surface area (Å²) in [6, 6.07) is 8.02. The van der Waals surface area contributed by atoms with Crippen molar-refractivity contribution in [2.24, 2.45) is 17.8 Å². The third-order valence-corrected chi connectivity index (χ3v) is 7.87. The number of aromatic nitrogens is 3. The monoisotopic (exact) mass is 488 g/mol. The molecule has 0 spiro atoms. The lowest BCUT2D eigenvalue weighted by molar-refractivity contribution is -0.0300. The molecule has 3 fully saturated rings. The Kier molecular flexibility index (Phi) is 6.97. The molecule has 0 amide bonds. The van der Waals surface area contributed by atoms with Crippen LogP contribution in [-0.4, -0.2) is 55.3 Å². The van der Waals surface area contributed by atoms with E-state index in [0.29, 0.717) is 52.1 Å². The first-order valence-electron chi connectivity index (χ1n) is 11.2. The van der Waals surface area contributed by atoms with Gasteiger partial charge < -0.3 is 24.9 Å². The molecular weight excluding hydrogens is 456 g/mol. The van der Waals surface area contributed by atoms with Gasteiger partial charge in [-0.3, -0.25) is 0 Å². The second-order valence-electron chi connectivity index (χ2n) is 9.23. The predicted octanol–water partition coefficient (Wildman–Crippen LogP) is 4.18. The Morgan fingerprint density at radius 3 is 2.67 bits per heavy atom. The van der Waals surface area contributed by atoms with Gasteiger partial charge in [-0.05, 0) is 67.9 Å². The number of hydrogen-bond donors (Lipinski definition) is 3. The first kappa shape index (κ1) is 24.0. The number of thiol groups is 1. The molecule has 3 aliphatic rings. The number of allylic oxidation sites excluding steroid dienone is 1. The van der Waals surface area contributed by atoms with Gasteiger partial charge in [-0.25, -0.2) is 4.68 Å². The van der Waals surface area contributed by atoms with E-state index in [9.17, 15) is 4.55 Å². The number of hydrogen-bond acceptors (Lipinski definition) is 8. The molecule has 2 saturated heterocycles. The van der Waals surface area contributed by atoms with Crippen LogP contribution in [0, 0.1) is 23.2 Å². The van der Waals surface area contributed by atoms with Gasteiger partial charge in [0.15, 0.2) is 4.90 Å². The fourth-order valence-corrected chi connectivity index (χ4v) is 5.63. The first-order valence-corrected chi connectivity index (χ1v) is 13.2. The minimum Gasteiger partial charge on any atom is -0.612 e. The molecule has 2 aliphatic heterocycles. The molecule has 178 valence electrons. The molecule has 1 aromatic heterocycles. The lowest BCUT2D eigenvalue weighted by atomic mass is 9.58. The average molecular weight is 489 g/mol. The first-order chi connectivity index (χ1) is 15.6. The maximum atomic E-state index is 11.8. The van der Waals surface area contributed by atoms with Crippen LogP contribution in [0.25, 0.3) is 0 Å². The highest BCUT2D eigenvalue weighted by Crippen LogP contribution is 2.47. The molecule has 2 N–H and O–H groups in total. The molecule has 5 atom stereocenters. The molecule has 0 radical (unpaired) electrons. The Morgan fingerprint density at radius 2 is 2.06 bits per heavy atom. The minimum absolute atomic E-state index is 0.0723. The molecule has 3 heterocycles. The van der Waals surface area contributed by atoms with E-state index in [1.165, 1.54) is 0 Å². The smallest absolute Gasteiger partial charge is 0.322 e. The molecule has 33 heavy (non-hydrogen) atoms. The number of fused-ring (bicyclic) bond motifs is 2. The number of rotatable bonds is 8. The van der Waals surface area contributed by atoms with Gasteiger partial charge in [0.05, 0.1) is 11.1 Å². The second kappa shape index (κ2) is 9.60. The highest BCUT2D eigenvalue weighted by molar-refractivity contribution is 7.90. The summed E-state index contributed by atoms with van der Waals surface area (Å²) in [5.74, 6) is 2.67. The van der Waals surface area contributed by atoms with E-state index in [0.717, 1.165) is 18.1 Å². The number of nitrogens with zero attached hydrogens (tertiary/aromatic N) is 4. The van der Waals surface area contributed by atoms with Gasteiger partial charge in [0.2, 0.25) is 5.95 Å². The topological polar surface area (TPSA) is 102 Å². The summed E-state index contributed by atoms with van der Waals surface area (Å²) in [6.07, 6.45) is 3.45. The molecule has 10 heteroatoms. The molecule has 1 saturated carbocycles. The van der Waals surface area contributed by atoms with Crippen molar-refractivity contribution >= 4 is 35.5 Å². The summed E-state index contributed by atoms with van der Waals surface area (Å²) in [4.78, 5) is 7.61.